The van der Waals surface area contributed by atoms with Crippen molar-refractivity contribution in [2.24, 2.45) is 0 Å². The molecule has 0 aliphatic heterocycles. The summed E-state index contributed by atoms with van der Waals surface area (Å²) in [6.45, 7) is 3.72. The molecule has 0 aliphatic rings. The van der Waals surface area contributed by atoms with Crippen molar-refractivity contribution in [2.75, 3.05) is 42.7 Å². The lowest BCUT2D eigenvalue weighted by atomic mass is 10.2. The minimum absolute atomic E-state index is 0.00407. The number of nitro benzene ring substituents is 1. The van der Waals surface area contributed by atoms with Gasteiger partial charge in [-0.15, -0.1) is 0 Å². The molecule has 0 aromatic heterocycles. The number of aromatic hydroxyl groups is 1. The molecule has 0 heterocycles. The van der Waals surface area contributed by atoms with Crippen molar-refractivity contribution in [3.05, 3.63) is 161 Å². The number of para-hydroxylation sites is 3. The number of phenolic OH excluding ortho intramolecular Hbond substituents is 1. The standard InChI is InChI=1S/C16H16O3.C15H14O4.C8H10O3.C7H5NO3/c1-4-12-8-10-13(11-9-12)19-16-14(17-2)6-5-7-15(16)18-3;1-17-13-4-3-5-14(18-2)15(13)19-12-8-6-11(10-16)7-9-12;1-10-6-4-3-5-7(11-2)8(6)9;9-5-6-1-3-7(4-2-6)8(10)11/h4-11H,1H2,2-3H3;3-10H,1-2H3;3-5,9H,1-2H3;1-5H. The first kappa shape index (κ1) is 46.4. The number of hydrogen-bond acceptors (Lipinski definition) is 13. The summed E-state index contributed by atoms with van der Waals surface area (Å²) < 4.78 is 42.4. The van der Waals surface area contributed by atoms with Gasteiger partial charge in [0.1, 0.15) is 24.1 Å². The van der Waals surface area contributed by atoms with Crippen molar-refractivity contribution >= 4 is 24.3 Å². The molecule has 0 aliphatic carbocycles. The van der Waals surface area contributed by atoms with Crippen LogP contribution in [-0.4, -0.2) is 65.3 Å². The Morgan fingerprint density at radius 2 is 0.783 bits per heavy atom. The van der Waals surface area contributed by atoms with E-state index in [-0.39, 0.29) is 11.4 Å². The molecule has 0 radical (unpaired) electrons. The molecule has 6 rings (SSSR count). The average Bonchev–Trinajstić information content (AvgIpc) is 3.30. The van der Waals surface area contributed by atoms with Crippen molar-refractivity contribution in [1.29, 1.82) is 0 Å². The Bertz CT molecular complexity index is 2100. The van der Waals surface area contributed by atoms with Crippen LogP contribution in [-0.2, 0) is 0 Å². The number of carbonyl (C=O) groups is 2. The summed E-state index contributed by atoms with van der Waals surface area (Å²) in [6.07, 6.45) is 3.21. The van der Waals surface area contributed by atoms with Gasteiger partial charge in [-0.05, 0) is 90.5 Å². The summed E-state index contributed by atoms with van der Waals surface area (Å²) in [5, 5.41) is 19.5. The number of nitro groups is 1. The van der Waals surface area contributed by atoms with Gasteiger partial charge in [-0.25, -0.2) is 0 Å². The maximum atomic E-state index is 10.6. The van der Waals surface area contributed by atoms with Gasteiger partial charge in [-0.2, -0.15) is 0 Å². The number of hydrogen-bond donors (Lipinski definition) is 1. The normalized spacial score (nSPS) is 9.57. The first-order valence-corrected chi connectivity index (χ1v) is 17.7. The largest absolute Gasteiger partial charge is 0.502 e. The van der Waals surface area contributed by atoms with Crippen LogP contribution in [0.3, 0.4) is 0 Å². The number of methoxy groups -OCH3 is 6. The van der Waals surface area contributed by atoms with Crippen LogP contribution in [0.2, 0.25) is 0 Å². The molecule has 6 aromatic carbocycles. The minimum Gasteiger partial charge on any atom is -0.502 e. The molecule has 0 amide bonds. The van der Waals surface area contributed by atoms with Crippen molar-refractivity contribution in [3.8, 4) is 63.2 Å². The van der Waals surface area contributed by atoms with Gasteiger partial charge in [0.2, 0.25) is 17.2 Å². The van der Waals surface area contributed by atoms with Crippen LogP contribution in [0.5, 0.6) is 63.2 Å². The molecule has 312 valence electrons. The fourth-order valence-corrected chi connectivity index (χ4v) is 4.86. The lowest BCUT2D eigenvalue weighted by molar-refractivity contribution is -0.384. The van der Waals surface area contributed by atoms with Gasteiger partial charge in [-0.1, -0.05) is 43.0 Å². The van der Waals surface area contributed by atoms with Crippen LogP contribution in [0.1, 0.15) is 26.3 Å². The van der Waals surface area contributed by atoms with Crippen molar-refractivity contribution in [3.63, 3.8) is 0 Å². The molecule has 0 bridgehead atoms. The number of rotatable bonds is 14. The van der Waals surface area contributed by atoms with Gasteiger partial charge in [0, 0.05) is 23.3 Å². The highest BCUT2D eigenvalue weighted by molar-refractivity contribution is 5.75. The van der Waals surface area contributed by atoms with Gasteiger partial charge in [0.25, 0.3) is 5.69 Å². The molecule has 14 nitrogen and oxygen atoms in total. The number of nitrogens with zero attached hydrogens (tertiary/aromatic N) is 1. The third-order valence-electron chi connectivity index (χ3n) is 7.98. The molecule has 60 heavy (non-hydrogen) atoms. The second-order valence-electron chi connectivity index (χ2n) is 11.6. The molecule has 0 saturated heterocycles. The van der Waals surface area contributed by atoms with Crippen LogP contribution < -0.4 is 37.9 Å². The molecular weight excluding hydrogens is 774 g/mol. The van der Waals surface area contributed by atoms with Crippen LogP contribution in [0, 0.1) is 10.1 Å². The Balaban J connectivity index is 0.000000221. The highest BCUT2D eigenvalue weighted by Gasteiger charge is 2.13. The molecule has 0 saturated carbocycles. The second-order valence-corrected chi connectivity index (χ2v) is 11.6. The lowest BCUT2D eigenvalue weighted by Gasteiger charge is -2.13. The monoisotopic (exact) mass is 819 g/mol. The van der Waals surface area contributed by atoms with Crippen molar-refractivity contribution in [2.45, 2.75) is 0 Å². The summed E-state index contributed by atoms with van der Waals surface area (Å²) in [7, 11) is 9.32. The van der Waals surface area contributed by atoms with Gasteiger partial charge in [0.15, 0.2) is 34.5 Å². The quantitative estimate of drug-likeness (QED) is 0.0626. The summed E-state index contributed by atoms with van der Waals surface area (Å²) in [6, 6.07) is 35.8. The second kappa shape index (κ2) is 24.6. The predicted octanol–water partition coefficient (Wildman–Crippen LogP) is 10.3. The van der Waals surface area contributed by atoms with E-state index < -0.39 is 4.92 Å². The molecule has 0 spiro atoms. The van der Waals surface area contributed by atoms with E-state index in [0.29, 0.717) is 74.9 Å². The smallest absolute Gasteiger partial charge is 0.269 e. The number of ether oxygens (including phenoxy) is 8. The zero-order valence-corrected chi connectivity index (χ0v) is 33.9. The van der Waals surface area contributed by atoms with Crippen LogP contribution >= 0.6 is 0 Å². The molecule has 6 aromatic rings. The van der Waals surface area contributed by atoms with Gasteiger partial charge in [0.05, 0.1) is 47.6 Å². The predicted molar refractivity (Wildman–Crippen MR) is 227 cm³/mol. The third-order valence-corrected chi connectivity index (χ3v) is 7.98. The maximum absolute atomic E-state index is 10.6. The van der Waals surface area contributed by atoms with Crippen molar-refractivity contribution in [1.82, 2.24) is 0 Å². The summed E-state index contributed by atoms with van der Waals surface area (Å²) >= 11 is 0. The third kappa shape index (κ3) is 13.6. The molecule has 1 N–H and O–H groups in total. The summed E-state index contributed by atoms with van der Waals surface area (Å²) in [5.41, 5.74) is 2.07. The van der Waals surface area contributed by atoms with E-state index in [9.17, 15) is 24.8 Å². The number of phenols is 1. The fourth-order valence-electron chi connectivity index (χ4n) is 4.86. The Morgan fingerprint density at radius 3 is 1.07 bits per heavy atom. The Kier molecular flexibility index (Phi) is 19.0. The number of benzene rings is 6. The van der Waals surface area contributed by atoms with Crippen molar-refractivity contribution < 1.29 is 57.5 Å². The SMILES string of the molecule is C=Cc1ccc(Oc2c(OC)cccc2OC)cc1.COc1cccc(OC)c1O.COc1cccc(OC)c1Oc1ccc(C=O)cc1.O=Cc1ccc([N+](=O)[O-])cc1. The Labute approximate surface area is 347 Å². The fraction of sp³-hybridized carbons (Fsp3) is 0.130. The number of aldehydes is 2. The van der Waals surface area contributed by atoms with Crippen LogP contribution in [0.25, 0.3) is 6.08 Å². The lowest BCUT2D eigenvalue weighted by Crippen LogP contribution is -1.94. The summed E-state index contributed by atoms with van der Waals surface area (Å²) in [4.78, 5) is 30.3. The Hall–Kier alpha value is -8.00. The summed E-state index contributed by atoms with van der Waals surface area (Å²) in [5.74, 6) is 5.70. The highest BCUT2D eigenvalue weighted by atomic mass is 16.6. The highest BCUT2D eigenvalue weighted by Crippen LogP contribution is 2.41. The average molecular weight is 820 g/mol. The van der Waals surface area contributed by atoms with E-state index in [1.54, 1.807) is 89.1 Å². The van der Waals surface area contributed by atoms with Gasteiger partial charge < -0.3 is 43.0 Å². The molecule has 0 atom stereocenters. The van der Waals surface area contributed by atoms with E-state index in [4.69, 9.17) is 37.9 Å². The van der Waals surface area contributed by atoms with E-state index >= 15 is 0 Å². The molecular formula is C46H45NO13. The van der Waals surface area contributed by atoms with E-state index in [0.717, 1.165) is 11.8 Å². The molecule has 0 fully saturated rings. The number of carbonyl (C=O) groups excluding carboxylic acids is 2. The number of non-ortho nitro benzene ring substituents is 1. The van der Waals surface area contributed by atoms with E-state index in [1.807, 2.05) is 48.5 Å². The topological polar surface area (TPSA) is 171 Å². The van der Waals surface area contributed by atoms with Gasteiger partial charge in [-0.3, -0.25) is 19.7 Å². The molecule has 0 unspecified atom stereocenters. The zero-order chi connectivity index (χ0) is 43.9. The van der Waals surface area contributed by atoms with Gasteiger partial charge >= 0.3 is 0 Å². The Morgan fingerprint density at radius 1 is 0.483 bits per heavy atom. The minimum atomic E-state index is -0.505. The molecule has 14 heteroatoms. The first-order chi connectivity index (χ1) is 29.1. The van der Waals surface area contributed by atoms with E-state index in [1.165, 1.54) is 38.5 Å². The van der Waals surface area contributed by atoms with E-state index in [2.05, 4.69) is 6.58 Å². The van der Waals surface area contributed by atoms with Crippen LogP contribution in [0.15, 0.2) is 134 Å². The zero-order valence-electron chi connectivity index (χ0n) is 33.9. The maximum Gasteiger partial charge on any atom is 0.269 e. The van der Waals surface area contributed by atoms with Crippen LogP contribution in [0.4, 0.5) is 5.69 Å². The first-order valence-electron chi connectivity index (χ1n) is 17.7.